The first kappa shape index (κ1) is 13.5. The largest absolute Gasteiger partial charge is 0.350 e. The van der Waals surface area contributed by atoms with E-state index in [2.05, 4.69) is 59.5 Å². The number of rotatable bonds is 1. The van der Waals surface area contributed by atoms with Crippen LogP contribution in [-0.2, 0) is 18.3 Å². The van der Waals surface area contributed by atoms with Crippen LogP contribution in [0.25, 0.3) is 16.5 Å². The van der Waals surface area contributed by atoms with Gasteiger partial charge in [0.15, 0.2) is 0 Å². The highest BCUT2D eigenvalue weighted by Crippen LogP contribution is 2.41. The van der Waals surface area contributed by atoms with Crippen molar-refractivity contribution in [3.05, 3.63) is 41.6 Å². The van der Waals surface area contributed by atoms with Crippen LogP contribution in [-0.4, -0.2) is 35.0 Å². The third kappa shape index (κ3) is 1.76. The molecule has 0 saturated heterocycles. The van der Waals surface area contributed by atoms with E-state index in [1.807, 2.05) is 0 Å². The van der Waals surface area contributed by atoms with Crippen molar-refractivity contribution in [1.29, 1.82) is 0 Å². The molecule has 5 nitrogen and oxygen atoms in total. The molecule has 1 aliphatic carbocycles. The zero-order valence-corrected chi connectivity index (χ0v) is 12.8. The number of carbonyl (C=O) groups is 1. The van der Waals surface area contributed by atoms with Crippen molar-refractivity contribution >= 4 is 22.4 Å². The Balaban J connectivity index is 1.93. The molecule has 3 N–H and O–H groups in total. The number of likely N-dealkylation sites (N-methyl/N-ethyl adjacent to an activating group) is 1. The first-order valence-electron chi connectivity index (χ1n) is 7.60. The van der Waals surface area contributed by atoms with Crippen LogP contribution in [0.3, 0.4) is 0 Å². The van der Waals surface area contributed by atoms with E-state index in [1.54, 1.807) is 0 Å². The van der Waals surface area contributed by atoms with Gasteiger partial charge in [-0.05, 0) is 36.2 Å². The summed E-state index contributed by atoms with van der Waals surface area (Å²) in [6.07, 6.45) is 5.34. The van der Waals surface area contributed by atoms with Crippen LogP contribution >= 0.6 is 0 Å². The van der Waals surface area contributed by atoms with E-state index >= 15 is 0 Å². The normalized spacial score (nSPS) is 24.0. The molecule has 1 amide bonds. The van der Waals surface area contributed by atoms with E-state index in [-0.39, 0.29) is 11.8 Å². The van der Waals surface area contributed by atoms with Crippen LogP contribution in [0.5, 0.6) is 0 Å². The van der Waals surface area contributed by atoms with Gasteiger partial charge in [0, 0.05) is 36.7 Å². The van der Waals surface area contributed by atoms with Gasteiger partial charge in [-0.2, -0.15) is 0 Å². The summed E-state index contributed by atoms with van der Waals surface area (Å²) in [4.78, 5) is 14.2. The van der Waals surface area contributed by atoms with Crippen molar-refractivity contribution in [2.24, 2.45) is 18.8 Å². The molecule has 1 aliphatic heterocycles. The first-order valence-corrected chi connectivity index (χ1v) is 7.60. The first-order chi connectivity index (χ1) is 10.6. The molecule has 22 heavy (non-hydrogen) atoms. The minimum Gasteiger partial charge on any atom is -0.350 e. The Bertz CT molecular complexity index is 804. The van der Waals surface area contributed by atoms with Crippen molar-refractivity contribution in [2.45, 2.75) is 12.5 Å². The van der Waals surface area contributed by atoms with Gasteiger partial charge in [-0.25, -0.2) is 5.84 Å². The molecule has 1 aromatic heterocycles. The number of fused-ring (bicyclic) bond motifs is 2. The van der Waals surface area contributed by atoms with E-state index < -0.39 is 0 Å². The minimum absolute atomic E-state index is 0.121. The molecule has 0 radical (unpaired) electrons. The van der Waals surface area contributed by atoms with Gasteiger partial charge in [0.2, 0.25) is 5.91 Å². The summed E-state index contributed by atoms with van der Waals surface area (Å²) in [5.41, 5.74) is 7.44. The molecule has 5 heteroatoms. The number of nitrogens with two attached hydrogens (primary N) is 1. The number of nitrogens with zero attached hydrogens (tertiary/aromatic N) is 2. The van der Waals surface area contributed by atoms with Gasteiger partial charge in [-0.1, -0.05) is 18.2 Å². The van der Waals surface area contributed by atoms with E-state index in [0.717, 1.165) is 6.42 Å². The second-order valence-corrected chi connectivity index (χ2v) is 6.36. The lowest BCUT2D eigenvalue weighted by Crippen LogP contribution is -2.47. The number of amides is 1. The molecular weight excluding hydrogens is 276 g/mol. The molecule has 4 rings (SSSR count). The lowest BCUT2D eigenvalue weighted by Gasteiger charge is -2.39. The maximum atomic E-state index is 12.0. The van der Waals surface area contributed by atoms with Gasteiger partial charge in [0.1, 0.15) is 0 Å². The summed E-state index contributed by atoms with van der Waals surface area (Å²) < 4.78 is 2.19. The maximum Gasteiger partial charge on any atom is 0.242 e. The fraction of sp³-hybridized carbons (Fsp3) is 0.353. The Morgan fingerprint density at radius 3 is 2.95 bits per heavy atom. The second kappa shape index (κ2) is 4.69. The van der Waals surface area contributed by atoms with Crippen molar-refractivity contribution in [2.75, 3.05) is 13.6 Å². The molecule has 0 bridgehead atoms. The number of nitrogens with one attached hydrogen (secondary N) is 1. The summed E-state index contributed by atoms with van der Waals surface area (Å²) >= 11 is 0. The molecular formula is C17H20N4O. The number of hydrogen-bond acceptors (Lipinski definition) is 3. The quantitative estimate of drug-likeness (QED) is 0.469. The van der Waals surface area contributed by atoms with Crippen molar-refractivity contribution < 1.29 is 4.79 Å². The topological polar surface area (TPSA) is 63.3 Å². The number of hydrazine groups is 1. The monoisotopic (exact) mass is 296 g/mol. The Morgan fingerprint density at radius 1 is 1.36 bits per heavy atom. The molecule has 0 unspecified atom stereocenters. The van der Waals surface area contributed by atoms with Gasteiger partial charge in [0.25, 0.3) is 0 Å². The standard InChI is InChI=1S/C17H20N4O/c1-20-8-10-7-15-13(12-4-3-5-14(20)16(10)12)6-11(9-21(15)2)17(22)19-18/h3-6,8,11,15H,7,9,18H2,1-2H3,(H,19,22)/t11-,15+/m0/s1. The molecule has 2 aliphatic rings. The van der Waals surface area contributed by atoms with Gasteiger partial charge in [-0.3, -0.25) is 15.1 Å². The predicted molar refractivity (Wildman–Crippen MR) is 86.8 cm³/mol. The third-order valence-electron chi connectivity index (χ3n) is 5.05. The Labute approximate surface area is 129 Å². The van der Waals surface area contributed by atoms with Gasteiger partial charge >= 0.3 is 0 Å². The van der Waals surface area contributed by atoms with Crippen molar-refractivity contribution in [3.8, 4) is 0 Å². The lowest BCUT2D eigenvalue weighted by atomic mass is 9.80. The van der Waals surface area contributed by atoms with Crippen LogP contribution in [0.15, 0.2) is 30.5 Å². The fourth-order valence-electron chi connectivity index (χ4n) is 4.00. The number of hydrogen-bond donors (Lipinski definition) is 2. The van der Waals surface area contributed by atoms with Crippen LogP contribution in [0.1, 0.15) is 11.1 Å². The van der Waals surface area contributed by atoms with Crippen molar-refractivity contribution in [3.63, 3.8) is 0 Å². The molecule has 2 heterocycles. The number of benzene rings is 1. The lowest BCUT2D eigenvalue weighted by molar-refractivity contribution is -0.124. The fourth-order valence-corrected chi connectivity index (χ4v) is 4.00. The highest BCUT2D eigenvalue weighted by molar-refractivity contribution is 5.99. The Morgan fingerprint density at radius 2 is 2.18 bits per heavy atom. The second-order valence-electron chi connectivity index (χ2n) is 6.36. The van der Waals surface area contributed by atoms with Crippen LogP contribution in [0.4, 0.5) is 0 Å². The summed E-state index contributed by atoms with van der Waals surface area (Å²) in [5, 5.41) is 1.33. The van der Waals surface area contributed by atoms with Crippen molar-refractivity contribution in [1.82, 2.24) is 14.9 Å². The predicted octanol–water partition coefficient (Wildman–Crippen LogP) is 1.04. The third-order valence-corrected chi connectivity index (χ3v) is 5.05. The number of aryl methyl sites for hydroxylation is 1. The molecule has 1 aromatic carbocycles. The van der Waals surface area contributed by atoms with E-state index in [0.29, 0.717) is 12.6 Å². The van der Waals surface area contributed by atoms with E-state index in [4.69, 9.17) is 5.84 Å². The van der Waals surface area contributed by atoms with Crippen LogP contribution in [0, 0.1) is 5.92 Å². The van der Waals surface area contributed by atoms with Crippen LogP contribution in [0.2, 0.25) is 0 Å². The average molecular weight is 296 g/mol. The number of aromatic nitrogens is 1. The molecule has 0 fully saturated rings. The summed E-state index contributed by atoms with van der Waals surface area (Å²) in [7, 11) is 4.18. The highest BCUT2D eigenvalue weighted by Gasteiger charge is 2.35. The zero-order valence-electron chi connectivity index (χ0n) is 12.8. The zero-order chi connectivity index (χ0) is 15.4. The van der Waals surface area contributed by atoms with E-state index in [9.17, 15) is 4.79 Å². The molecule has 2 aromatic rings. The average Bonchev–Trinajstić information content (AvgIpc) is 2.85. The Hall–Kier alpha value is -2.11. The number of carbonyl (C=O) groups excluding carboxylic acids is 1. The summed E-state index contributed by atoms with van der Waals surface area (Å²) in [6, 6.07) is 6.75. The maximum absolute atomic E-state index is 12.0. The molecule has 2 atom stereocenters. The summed E-state index contributed by atoms with van der Waals surface area (Å²) in [6.45, 7) is 0.704. The highest BCUT2D eigenvalue weighted by atomic mass is 16.2. The van der Waals surface area contributed by atoms with Crippen LogP contribution < -0.4 is 11.3 Å². The molecule has 0 spiro atoms. The SMILES string of the molecule is CN1C[C@@H](C(=O)NN)C=C2c3cccc4c3c(cn4C)C[C@H]21. The summed E-state index contributed by atoms with van der Waals surface area (Å²) in [5.74, 6) is 5.01. The van der Waals surface area contributed by atoms with Gasteiger partial charge in [0.05, 0.1) is 5.92 Å². The Kier molecular flexibility index (Phi) is 2.89. The minimum atomic E-state index is -0.193. The molecule has 114 valence electrons. The van der Waals surface area contributed by atoms with Gasteiger partial charge in [-0.15, -0.1) is 0 Å². The smallest absolute Gasteiger partial charge is 0.242 e. The van der Waals surface area contributed by atoms with E-state index in [1.165, 1.54) is 27.6 Å². The molecule has 0 saturated carbocycles. The van der Waals surface area contributed by atoms with Gasteiger partial charge < -0.3 is 4.57 Å².